The summed E-state index contributed by atoms with van der Waals surface area (Å²) < 4.78 is 0. The van der Waals surface area contributed by atoms with Crippen LogP contribution in [0.2, 0.25) is 0 Å². The van der Waals surface area contributed by atoms with Gasteiger partial charge in [0.05, 0.1) is 28.0 Å². The van der Waals surface area contributed by atoms with Crippen LogP contribution in [0.25, 0.3) is 5.57 Å². The molecule has 0 N–H and O–H groups in total. The third-order valence-corrected chi connectivity index (χ3v) is 3.67. The fraction of sp³-hybridized carbons (Fsp3) is 0. The molecule has 24 heavy (non-hydrogen) atoms. The van der Waals surface area contributed by atoms with Crippen LogP contribution in [0.5, 0.6) is 0 Å². The van der Waals surface area contributed by atoms with Crippen LogP contribution in [-0.2, 0) is 0 Å². The van der Waals surface area contributed by atoms with Crippen LogP contribution >= 0.6 is 0 Å². The van der Waals surface area contributed by atoms with Gasteiger partial charge in [-0.3, -0.25) is 10.1 Å². The van der Waals surface area contributed by atoms with Crippen LogP contribution in [0.15, 0.2) is 77.8 Å². The molecule has 1 aromatic carbocycles. The highest BCUT2D eigenvalue weighted by Crippen LogP contribution is 2.37. The molecule has 0 aromatic heterocycles. The molecule has 0 unspecified atom stereocenters. The molecule has 0 amide bonds. The van der Waals surface area contributed by atoms with E-state index in [-0.39, 0.29) is 5.69 Å². The van der Waals surface area contributed by atoms with E-state index in [9.17, 15) is 15.4 Å². The number of nitro groups is 1. The van der Waals surface area contributed by atoms with E-state index in [2.05, 4.69) is 6.07 Å². The van der Waals surface area contributed by atoms with Crippen LogP contribution < -0.4 is 0 Å². The summed E-state index contributed by atoms with van der Waals surface area (Å²) >= 11 is 0. The molecule has 3 rings (SSSR count). The number of rotatable bonds is 2. The molecule has 2 aliphatic rings. The van der Waals surface area contributed by atoms with E-state index in [1.807, 2.05) is 18.2 Å². The van der Waals surface area contributed by atoms with Crippen molar-refractivity contribution in [1.29, 1.82) is 10.5 Å². The van der Waals surface area contributed by atoms with Crippen LogP contribution in [-0.4, -0.2) is 9.82 Å². The van der Waals surface area contributed by atoms with Crippen LogP contribution in [0.1, 0.15) is 5.56 Å². The van der Waals surface area contributed by atoms with Gasteiger partial charge < -0.3 is 4.90 Å². The van der Waals surface area contributed by atoms with E-state index >= 15 is 0 Å². The summed E-state index contributed by atoms with van der Waals surface area (Å²) in [7, 11) is 0. The van der Waals surface area contributed by atoms with Gasteiger partial charge in [-0.2, -0.15) is 10.5 Å². The Hall–Kier alpha value is -3.90. The van der Waals surface area contributed by atoms with Crippen molar-refractivity contribution in [3.8, 4) is 12.1 Å². The van der Waals surface area contributed by atoms with Gasteiger partial charge in [0.15, 0.2) is 0 Å². The molecular weight excluding hydrogens is 304 g/mol. The molecular formula is C18H10N4O2. The highest BCUT2D eigenvalue weighted by molar-refractivity contribution is 5.88. The van der Waals surface area contributed by atoms with Crippen molar-refractivity contribution >= 4 is 11.3 Å². The quantitative estimate of drug-likeness (QED) is 0.472. The fourth-order valence-electron chi connectivity index (χ4n) is 2.58. The number of nitriles is 2. The average Bonchev–Trinajstić information content (AvgIpc) is 2.61. The van der Waals surface area contributed by atoms with Gasteiger partial charge in [-0.1, -0.05) is 6.08 Å². The Bertz CT molecular complexity index is 948. The summed E-state index contributed by atoms with van der Waals surface area (Å²) in [5.41, 5.74) is 3.02. The van der Waals surface area contributed by atoms with E-state index in [4.69, 9.17) is 5.26 Å². The van der Waals surface area contributed by atoms with Gasteiger partial charge in [-0.15, -0.1) is 0 Å². The zero-order valence-corrected chi connectivity index (χ0v) is 12.4. The van der Waals surface area contributed by atoms with Crippen LogP contribution in [0, 0.1) is 32.8 Å². The Morgan fingerprint density at radius 1 is 1.17 bits per heavy atom. The first-order valence-corrected chi connectivity index (χ1v) is 7.01. The normalized spacial score (nSPS) is 17.2. The highest BCUT2D eigenvalue weighted by atomic mass is 16.6. The topological polar surface area (TPSA) is 94.0 Å². The summed E-state index contributed by atoms with van der Waals surface area (Å²) in [6.45, 7) is 0. The maximum Gasteiger partial charge on any atom is 0.269 e. The van der Waals surface area contributed by atoms with Gasteiger partial charge in [-0.25, -0.2) is 0 Å². The third-order valence-electron chi connectivity index (χ3n) is 3.67. The zero-order valence-electron chi connectivity index (χ0n) is 12.4. The lowest BCUT2D eigenvalue weighted by molar-refractivity contribution is -0.384. The number of benzene rings is 1. The number of fused-ring (bicyclic) bond motifs is 1. The van der Waals surface area contributed by atoms with E-state index < -0.39 is 4.92 Å². The summed E-state index contributed by atoms with van der Waals surface area (Å²) in [4.78, 5) is 12.1. The summed E-state index contributed by atoms with van der Waals surface area (Å²) in [5.74, 6) is 0. The van der Waals surface area contributed by atoms with Gasteiger partial charge in [0.2, 0.25) is 0 Å². The van der Waals surface area contributed by atoms with Gasteiger partial charge in [0, 0.05) is 30.0 Å². The monoisotopic (exact) mass is 314 g/mol. The van der Waals surface area contributed by atoms with Gasteiger partial charge >= 0.3 is 0 Å². The predicted molar refractivity (Wildman–Crippen MR) is 87.5 cm³/mol. The number of non-ortho nitro benzene ring substituents is 1. The van der Waals surface area contributed by atoms with Crippen molar-refractivity contribution in [2.24, 2.45) is 0 Å². The molecule has 2 aliphatic heterocycles. The maximum absolute atomic E-state index is 10.8. The molecule has 0 atom stereocenters. The Labute approximate surface area is 138 Å². The van der Waals surface area contributed by atoms with Gasteiger partial charge in [0.25, 0.3) is 5.69 Å². The molecule has 6 heteroatoms. The molecule has 0 saturated heterocycles. The molecule has 0 fully saturated rings. The van der Waals surface area contributed by atoms with E-state index in [1.165, 1.54) is 18.2 Å². The first-order valence-electron chi connectivity index (χ1n) is 7.01. The van der Waals surface area contributed by atoms with Gasteiger partial charge in [-0.05, 0) is 35.9 Å². The molecule has 1 aromatic rings. The Morgan fingerprint density at radius 2 is 1.92 bits per heavy atom. The molecule has 2 heterocycles. The van der Waals surface area contributed by atoms with E-state index in [1.54, 1.807) is 35.4 Å². The molecule has 0 saturated carbocycles. The number of nitro benzene ring substituents is 1. The second-order valence-corrected chi connectivity index (χ2v) is 5.00. The minimum Gasteiger partial charge on any atom is -0.315 e. The smallest absolute Gasteiger partial charge is 0.269 e. The summed E-state index contributed by atoms with van der Waals surface area (Å²) in [6, 6.07) is 10.2. The lowest BCUT2D eigenvalue weighted by Crippen LogP contribution is -2.21. The first kappa shape index (κ1) is 15.0. The SMILES string of the molecule is N#C/C=C1\C=C(c2ccc([N+](=O)[O-])cc2)C(C#N)=C2C=CC=CN21. The fourth-order valence-corrected chi connectivity index (χ4v) is 2.58. The first-order chi connectivity index (χ1) is 11.7. The molecule has 0 bridgehead atoms. The lowest BCUT2D eigenvalue weighted by atomic mass is 9.91. The Kier molecular flexibility index (Phi) is 3.80. The van der Waals surface area contributed by atoms with Crippen LogP contribution in [0.3, 0.4) is 0 Å². The number of allylic oxidation sites excluding steroid dienone is 7. The van der Waals surface area contributed by atoms with Crippen molar-refractivity contribution in [2.45, 2.75) is 0 Å². The van der Waals surface area contributed by atoms with Crippen molar-refractivity contribution in [2.75, 3.05) is 0 Å². The number of hydrogen-bond acceptors (Lipinski definition) is 5. The summed E-state index contributed by atoms with van der Waals surface area (Å²) in [5, 5.41) is 29.4. The minimum absolute atomic E-state index is 0.0174. The molecule has 6 nitrogen and oxygen atoms in total. The maximum atomic E-state index is 10.8. The highest BCUT2D eigenvalue weighted by Gasteiger charge is 2.25. The second-order valence-electron chi connectivity index (χ2n) is 5.00. The third kappa shape index (κ3) is 2.49. The van der Waals surface area contributed by atoms with E-state index in [0.29, 0.717) is 28.1 Å². The minimum atomic E-state index is -0.472. The molecule has 0 radical (unpaired) electrons. The molecule has 0 spiro atoms. The van der Waals surface area contributed by atoms with Crippen molar-refractivity contribution in [3.05, 3.63) is 93.5 Å². The average molecular weight is 314 g/mol. The second kappa shape index (κ2) is 6.07. The summed E-state index contributed by atoms with van der Waals surface area (Å²) in [6.07, 6.45) is 10.3. The van der Waals surface area contributed by atoms with Crippen molar-refractivity contribution < 1.29 is 4.92 Å². The van der Waals surface area contributed by atoms with Crippen molar-refractivity contribution in [3.63, 3.8) is 0 Å². The van der Waals surface area contributed by atoms with Crippen LogP contribution in [0.4, 0.5) is 5.69 Å². The van der Waals surface area contributed by atoms with E-state index in [0.717, 1.165) is 0 Å². The largest absolute Gasteiger partial charge is 0.315 e. The van der Waals surface area contributed by atoms with Crippen molar-refractivity contribution in [1.82, 2.24) is 4.90 Å². The Balaban J connectivity index is 2.16. The zero-order chi connectivity index (χ0) is 17.1. The number of nitrogens with zero attached hydrogens (tertiary/aromatic N) is 4. The molecule has 0 aliphatic carbocycles. The standard InChI is InChI=1S/C18H10N4O2/c19-9-8-15-11-16(13-4-6-14(7-5-13)22(23)24)17(12-20)18-3-1-2-10-21(15)18/h1-8,10-11H/b15-8+. The predicted octanol–water partition coefficient (Wildman–Crippen LogP) is 3.56. The molecule has 114 valence electrons. The van der Waals surface area contributed by atoms with Gasteiger partial charge in [0.1, 0.15) is 6.07 Å². The number of hydrogen-bond donors (Lipinski definition) is 0. The Morgan fingerprint density at radius 3 is 2.54 bits per heavy atom. The lowest BCUT2D eigenvalue weighted by Gasteiger charge is -2.30.